The lowest BCUT2D eigenvalue weighted by molar-refractivity contribution is 0.0902. The van der Waals surface area contributed by atoms with Crippen molar-refractivity contribution in [2.75, 3.05) is 0 Å². The van der Waals surface area contributed by atoms with E-state index >= 15 is 0 Å². The van der Waals surface area contributed by atoms with E-state index in [0.29, 0.717) is 11.5 Å². The number of carbonyl (C=O) groups is 2. The molecule has 4 aromatic rings. The molecule has 5 nitrogen and oxygen atoms in total. The molecule has 0 fully saturated rings. The zero-order chi connectivity index (χ0) is 18.6. The summed E-state index contributed by atoms with van der Waals surface area (Å²) >= 11 is 0. The molecule has 0 spiro atoms. The molecule has 0 bridgehead atoms. The Labute approximate surface area is 154 Å². The Morgan fingerprint density at radius 1 is 0.519 bits per heavy atom. The van der Waals surface area contributed by atoms with Gasteiger partial charge in [0.15, 0.2) is 0 Å². The largest absolute Gasteiger partial charge is 0.524 e. The van der Waals surface area contributed by atoms with E-state index in [0.717, 1.165) is 21.5 Å². The van der Waals surface area contributed by atoms with E-state index in [2.05, 4.69) is 4.74 Å². The third-order valence-electron chi connectivity index (χ3n) is 4.05. The Bertz CT molecular complexity index is 1050. The average molecular weight is 358 g/mol. The van der Waals surface area contributed by atoms with Crippen LogP contribution in [0.15, 0.2) is 84.9 Å². The highest BCUT2D eigenvalue weighted by atomic mass is 16.8. The lowest BCUT2D eigenvalue weighted by atomic mass is 10.1. The van der Waals surface area contributed by atoms with Gasteiger partial charge in [-0.15, -0.1) is 0 Å². The van der Waals surface area contributed by atoms with E-state index in [9.17, 15) is 9.59 Å². The van der Waals surface area contributed by atoms with E-state index < -0.39 is 12.3 Å². The Morgan fingerprint density at radius 2 is 0.926 bits per heavy atom. The van der Waals surface area contributed by atoms with Crippen molar-refractivity contribution in [2.24, 2.45) is 0 Å². The van der Waals surface area contributed by atoms with Gasteiger partial charge in [-0.05, 0) is 22.9 Å². The summed E-state index contributed by atoms with van der Waals surface area (Å²) in [5.74, 6) is 0.604. The molecule has 0 amide bonds. The molecule has 0 unspecified atom stereocenters. The molecular weight excluding hydrogens is 344 g/mol. The maximum Gasteiger partial charge on any atom is 0.524 e. The molecule has 4 rings (SSSR count). The van der Waals surface area contributed by atoms with Crippen molar-refractivity contribution in [1.29, 1.82) is 0 Å². The van der Waals surface area contributed by atoms with E-state index in [1.165, 1.54) is 0 Å². The fraction of sp³-hybridized carbons (Fsp3) is 0. The molecule has 0 radical (unpaired) electrons. The number of hydrogen-bond acceptors (Lipinski definition) is 5. The minimum Gasteiger partial charge on any atom is -0.394 e. The number of ether oxygens (including phenoxy) is 3. The quantitative estimate of drug-likeness (QED) is 0.261. The summed E-state index contributed by atoms with van der Waals surface area (Å²) < 4.78 is 15.0. The highest BCUT2D eigenvalue weighted by molar-refractivity contribution is 5.92. The molecule has 0 aliphatic carbocycles. The molecule has 0 saturated heterocycles. The Morgan fingerprint density at radius 3 is 1.41 bits per heavy atom. The minimum absolute atomic E-state index is 0.302. The average Bonchev–Trinajstić information content (AvgIpc) is 2.68. The molecule has 0 atom stereocenters. The molecule has 0 aromatic heterocycles. The molecule has 0 aliphatic heterocycles. The van der Waals surface area contributed by atoms with Crippen LogP contribution in [0.4, 0.5) is 9.59 Å². The molecule has 5 heteroatoms. The van der Waals surface area contributed by atoms with Gasteiger partial charge < -0.3 is 14.2 Å². The summed E-state index contributed by atoms with van der Waals surface area (Å²) in [4.78, 5) is 24.0. The van der Waals surface area contributed by atoms with Crippen LogP contribution in [-0.4, -0.2) is 12.3 Å². The highest BCUT2D eigenvalue weighted by Crippen LogP contribution is 2.27. The normalized spacial score (nSPS) is 10.5. The number of fused-ring (bicyclic) bond motifs is 2. The van der Waals surface area contributed by atoms with Gasteiger partial charge >= 0.3 is 12.3 Å². The Hall–Kier alpha value is -3.86. The van der Waals surface area contributed by atoms with Crippen LogP contribution in [0.25, 0.3) is 21.5 Å². The zero-order valence-electron chi connectivity index (χ0n) is 14.1. The summed E-state index contributed by atoms with van der Waals surface area (Å²) in [5, 5.41) is 3.28. The fourth-order valence-electron chi connectivity index (χ4n) is 2.86. The summed E-state index contributed by atoms with van der Waals surface area (Å²) in [6.07, 6.45) is -2.31. The predicted octanol–water partition coefficient (Wildman–Crippen LogP) is 5.71. The van der Waals surface area contributed by atoms with Gasteiger partial charge in [0.05, 0.1) is 0 Å². The maximum atomic E-state index is 12.0. The van der Waals surface area contributed by atoms with Crippen molar-refractivity contribution in [3.05, 3.63) is 84.9 Å². The highest BCUT2D eigenvalue weighted by Gasteiger charge is 2.17. The first kappa shape index (κ1) is 16.6. The zero-order valence-corrected chi connectivity index (χ0v) is 14.1. The van der Waals surface area contributed by atoms with E-state index in [1.54, 1.807) is 24.3 Å². The van der Waals surface area contributed by atoms with E-state index in [-0.39, 0.29) is 0 Å². The fourth-order valence-corrected chi connectivity index (χ4v) is 2.86. The number of hydrogen-bond donors (Lipinski definition) is 0. The third-order valence-corrected chi connectivity index (χ3v) is 4.05. The molecule has 0 N–H and O–H groups in total. The van der Waals surface area contributed by atoms with Crippen molar-refractivity contribution in [3.8, 4) is 11.5 Å². The second-order valence-electron chi connectivity index (χ2n) is 5.76. The van der Waals surface area contributed by atoms with Crippen LogP contribution in [0.3, 0.4) is 0 Å². The molecular formula is C22H14O5. The first-order chi connectivity index (χ1) is 13.2. The molecule has 27 heavy (non-hydrogen) atoms. The van der Waals surface area contributed by atoms with Gasteiger partial charge in [0, 0.05) is 10.8 Å². The van der Waals surface area contributed by atoms with Gasteiger partial charge in [-0.2, -0.15) is 0 Å². The van der Waals surface area contributed by atoms with Crippen LogP contribution >= 0.6 is 0 Å². The Balaban J connectivity index is 1.47. The SMILES string of the molecule is O=C(OC(=O)Oc1cccc2ccccc12)Oc1cccc2ccccc12. The van der Waals surface area contributed by atoms with Gasteiger partial charge in [0.1, 0.15) is 11.5 Å². The van der Waals surface area contributed by atoms with Crippen molar-refractivity contribution in [1.82, 2.24) is 0 Å². The predicted molar refractivity (Wildman–Crippen MR) is 101 cm³/mol. The van der Waals surface area contributed by atoms with Crippen LogP contribution in [0.2, 0.25) is 0 Å². The minimum atomic E-state index is -1.16. The lowest BCUT2D eigenvalue weighted by Gasteiger charge is -2.09. The van der Waals surface area contributed by atoms with E-state index in [1.807, 2.05) is 60.7 Å². The van der Waals surface area contributed by atoms with Crippen molar-refractivity contribution < 1.29 is 23.8 Å². The van der Waals surface area contributed by atoms with Gasteiger partial charge in [0.25, 0.3) is 0 Å². The number of rotatable bonds is 2. The molecule has 4 aromatic carbocycles. The van der Waals surface area contributed by atoms with Crippen molar-refractivity contribution in [2.45, 2.75) is 0 Å². The summed E-state index contributed by atoms with van der Waals surface area (Å²) in [5.41, 5.74) is 0. The summed E-state index contributed by atoms with van der Waals surface area (Å²) in [7, 11) is 0. The van der Waals surface area contributed by atoms with Crippen LogP contribution in [0.5, 0.6) is 11.5 Å². The molecule has 0 saturated carbocycles. The van der Waals surface area contributed by atoms with Gasteiger partial charge in [-0.25, -0.2) is 9.59 Å². The first-order valence-corrected chi connectivity index (χ1v) is 8.28. The maximum absolute atomic E-state index is 12.0. The van der Waals surface area contributed by atoms with Crippen molar-refractivity contribution >= 4 is 33.9 Å². The van der Waals surface area contributed by atoms with Crippen LogP contribution in [0, 0.1) is 0 Å². The topological polar surface area (TPSA) is 61.8 Å². The molecule has 132 valence electrons. The second-order valence-corrected chi connectivity index (χ2v) is 5.76. The smallest absolute Gasteiger partial charge is 0.394 e. The van der Waals surface area contributed by atoms with Crippen LogP contribution in [-0.2, 0) is 4.74 Å². The standard InChI is InChI=1S/C22H14O5/c23-21(25-19-13-5-9-15-7-1-3-11-17(15)19)27-22(24)26-20-14-6-10-16-8-2-4-12-18(16)20/h1-14H. The lowest BCUT2D eigenvalue weighted by Crippen LogP contribution is -2.19. The number of carbonyl (C=O) groups excluding carboxylic acids is 2. The van der Waals surface area contributed by atoms with Gasteiger partial charge in [0.2, 0.25) is 0 Å². The molecule has 0 aliphatic rings. The van der Waals surface area contributed by atoms with Gasteiger partial charge in [-0.1, -0.05) is 72.8 Å². The first-order valence-electron chi connectivity index (χ1n) is 8.28. The monoisotopic (exact) mass is 358 g/mol. The van der Waals surface area contributed by atoms with Crippen LogP contribution in [0.1, 0.15) is 0 Å². The second kappa shape index (κ2) is 7.17. The summed E-state index contributed by atoms with van der Waals surface area (Å²) in [6, 6.07) is 25.4. The molecule has 0 heterocycles. The summed E-state index contributed by atoms with van der Waals surface area (Å²) in [6.45, 7) is 0. The van der Waals surface area contributed by atoms with E-state index in [4.69, 9.17) is 9.47 Å². The van der Waals surface area contributed by atoms with Gasteiger partial charge in [-0.3, -0.25) is 0 Å². The third kappa shape index (κ3) is 3.57. The Kier molecular flexibility index (Phi) is 4.41. The van der Waals surface area contributed by atoms with Crippen molar-refractivity contribution in [3.63, 3.8) is 0 Å². The van der Waals surface area contributed by atoms with Crippen LogP contribution < -0.4 is 9.47 Å². The number of benzene rings is 4.